The molecule has 1 atom stereocenters. The van der Waals surface area contributed by atoms with Gasteiger partial charge >= 0.3 is 5.69 Å². The Morgan fingerprint density at radius 2 is 2.00 bits per heavy atom. The summed E-state index contributed by atoms with van der Waals surface area (Å²) in [6.07, 6.45) is 4.53. The van der Waals surface area contributed by atoms with Crippen LogP contribution in [0, 0.1) is 0 Å². The number of nitrogens with zero attached hydrogens (tertiary/aromatic N) is 3. The lowest BCUT2D eigenvalue weighted by molar-refractivity contribution is 0.0694. The minimum absolute atomic E-state index is 0. The van der Waals surface area contributed by atoms with Crippen LogP contribution in [-0.2, 0) is 6.54 Å². The molecule has 3 heterocycles. The van der Waals surface area contributed by atoms with Crippen LogP contribution in [0.4, 0.5) is 0 Å². The molecule has 0 aromatic carbocycles. The molecule has 1 unspecified atom stereocenters. The van der Waals surface area contributed by atoms with Crippen molar-refractivity contribution in [2.45, 2.75) is 64.5 Å². The van der Waals surface area contributed by atoms with Crippen molar-refractivity contribution in [1.82, 2.24) is 24.8 Å². The van der Waals surface area contributed by atoms with E-state index in [2.05, 4.69) is 22.2 Å². The molecular weight excluding hydrogens is 406 g/mol. The zero-order valence-corrected chi connectivity index (χ0v) is 18.4. The Morgan fingerprint density at radius 3 is 2.60 bits per heavy atom. The van der Waals surface area contributed by atoms with Gasteiger partial charge in [-0.05, 0) is 44.7 Å². The van der Waals surface area contributed by atoms with Crippen molar-refractivity contribution in [1.29, 1.82) is 0 Å². The molecule has 1 amide bonds. The molecule has 30 heavy (non-hydrogen) atoms. The number of carbonyl (C=O) groups excluding carboxylic acids is 1. The predicted octanol–water partition coefficient (Wildman–Crippen LogP) is 2.01. The number of aromatic nitrogens is 3. The number of aryl methyl sites for hydroxylation is 1. The Balaban J connectivity index is 0.00000256. The van der Waals surface area contributed by atoms with Gasteiger partial charge in [0.2, 0.25) is 0 Å². The fraction of sp³-hybridized carbons (Fsp3) is 0.619. The summed E-state index contributed by atoms with van der Waals surface area (Å²) in [6, 6.07) is 1.92. The minimum Gasteiger partial charge on any atom is -0.334 e. The third-order valence-corrected chi connectivity index (χ3v) is 5.84. The van der Waals surface area contributed by atoms with Crippen LogP contribution in [0.15, 0.2) is 15.7 Å². The normalized spacial score (nSPS) is 18.4. The summed E-state index contributed by atoms with van der Waals surface area (Å²) < 4.78 is 1.50. The van der Waals surface area contributed by atoms with Gasteiger partial charge in [0.15, 0.2) is 5.65 Å². The number of halogens is 1. The molecule has 2 aromatic rings. The number of rotatable bonds is 7. The molecule has 2 aromatic heterocycles. The Morgan fingerprint density at radius 1 is 1.23 bits per heavy atom. The molecule has 1 aliphatic carbocycles. The highest BCUT2D eigenvalue weighted by molar-refractivity contribution is 6.05. The lowest BCUT2D eigenvalue weighted by atomic mass is 10.1. The molecule has 0 bridgehead atoms. The number of carbonyl (C=O) groups is 1. The number of hydrogen-bond acceptors (Lipinski definition) is 5. The maximum Gasteiger partial charge on any atom is 0.329 e. The summed E-state index contributed by atoms with van der Waals surface area (Å²) in [5.74, 6) is 0.172. The first kappa shape index (κ1) is 22.5. The molecule has 2 fully saturated rings. The van der Waals surface area contributed by atoms with Gasteiger partial charge in [0.05, 0.1) is 10.9 Å². The van der Waals surface area contributed by atoms with Crippen molar-refractivity contribution in [3.63, 3.8) is 0 Å². The molecule has 2 aliphatic rings. The predicted molar refractivity (Wildman–Crippen MR) is 119 cm³/mol. The number of nitrogens with one attached hydrogen (secondary N) is 2. The highest BCUT2D eigenvalue weighted by Gasteiger charge is 2.32. The van der Waals surface area contributed by atoms with Crippen LogP contribution in [0.3, 0.4) is 0 Å². The number of hydrogen-bond donors (Lipinski definition) is 2. The van der Waals surface area contributed by atoms with E-state index < -0.39 is 11.2 Å². The quantitative estimate of drug-likeness (QED) is 0.692. The molecule has 0 radical (unpaired) electrons. The molecule has 1 saturated carbocycles. The minimum atomic E-state index is -0.531. The van der Waals surface area contributed by atoms with E-state index >= 15 is 0 Å². The van der Waals surface area contributed by atoms with Gasteiger partial charge in [-0.3, -0.25) is 19.1 Å². The second-order valence-electron chi connectivity index (χ2n) is 8.12. The van der Waals surface area contributed by atoms with Crippen molar-refractivity contribution >= 4 is 29.3 Å². The van der Waals surface area contributed by atoms with Gasteiger partial charge in [-0.2, -0.15) is 0 Å². The maximum atomic E-state index is 13.7. The smallest absolute Gasteiger partial charge is 0.329 e. The number of fused-ring (bicyclic) bond motifs is 1. The number of aromatic amines is 1. The average molecular weight is 436 g/mol. The van der Waals surface area contributed by atoms with Crippen molar-refractivity contribution in [2.24, 2.45) is 0 Å². The van der Waals surface area contributed by atoms with Crippen LogP contribution in [-0.4, -0.2) is 51.0 Å². The first-order chi connectivity index (χ1) is 14.0. The van der Waals surface area contributed by atoms with Gasteiger partial charge in [0.25, 0.3) is 11.5 Å². The largest absolute Gasteiger partial charge is 0.334 e. The zero-order chi connectivity index (χ0) is 20.5. The molecule has 1 aliphatic heterocycles. The van der Waals surface area contributed by atoms with Crippen LogP contribution in [0.25, 0.3) is 11.0 Å². The molecule has 164 valence electrons. The van der Waals surface area contributed by atoms with Gasteiger partial charge in [-0.15, -0.1) is 12.4 Å². The zero-order valence-electron chi connectivity index (χ0n) is 17.6. The summed E-state index contributed by atoms with van der Waals surface area (Å²) in [5, 5.41) is 3.56. The van der Waals surface area contributed by atoms with E-state index in [1.54, 1.807) is 6.07 Å². The average Bonchev–Trinajstić information content (AvgIpc) is 3.42. The molecular formula is C21H30ClN5O3. The third-order valence-electron chi connectivity index (χ3n) is 5.84. The Hall–Kier alpha value is -2.19. The molecule has 0 spiro atoms. The highest BCUT2D eigenvalue weighted by atomic mass is 35.5. The van der Waals surface area contributed by atoms with E-state index in [1.807, 2.05) is 11.8 Å². The van der Waals surface area contributed by atoms with E-state index in [9.17, 15) is 14.4 Å². The Bertz CT molecular complexity index is 1040. The molecule has 1 saturated heterocycles. The van der Waals surface area contributed by atoms with Crippen LogP contribution >= 0.6 is 12.4 Å². The summed E-state index contributed by atoms with van der Waals surface area (Å²) in [6.45, 7) is 6.76. The maximum absolute atomic E-state index is 13.7. The van der Waals surface area contributed by atoms with E-state index in [0.29, 0.717) is 30.2 Å². The first-order valence-corrected chi connectivity index (χ1v) is 10.7. The Kier molecular flexibility index (Phi) is 6.98. The van der Waals surface area contributed by atoms with E-state index in [1.165, 1.54) is 4.57 Å². The highest BCUT2D eigenvalue weighted by Crippen LogP contribution is 2.40. The lowest BCUT2D eigenvalue weighted by Gasteiger charge is -2.29. The summed E-state index contributed by atoms with van der Waals surface area (Å²) in [7, 11) is 0. The van der Waals surface area contributed by atoms with Gasteiger partial charge in [0, 0.05) is 37.3 Å². The van der Waals surface area contributed by atoms with Crippen molar-refractivity contribution in [2.75, 3.05) is 19.6 Å². The summed E-state index contributed by atoms with van der Waals surface area (Å²) in [4.78, 5) is 47.9. The van der Waals surface area contributed by atoms with E-state index in [0.717, 1.165) is 50.9 Å². The molecule has 9 heteroatoms. The Labute approximate surface area is 181 Å². The summed E-state index contributed by atoms with van der Waals surface area (Å²) >= 11 is 0. The lowest BCUT2D eigenvalue weighted by Crippen LogP contribution is -2.43. The SMILES string of the molecule is CCCN(C(=O)c1cc(C2CC2)nc2c1c(=O)[nH]c(=O)n2CCC)C1CCNC1.Cl. The molecule has 2 N–H and O–H groups in total. The van der Waals surface area contributed by atoms with E-state index in [-0.39, 0.29) is 29.7 Å². The van der Waals surface area contributed by atoms with Crippen LogP contribution in [0.1, 0.15) is 67.9 Å². The number of pyridine rings is 1. The monoisotopic (exact) mass is 435 g/mol. The van der Waals surface area contributed by atoms with Gasteiger partial charge in [0.1, 0.15) is 0 Å². The second-order valence-corrected chi connectivity index (χ2v) is 8.12. The first-order valence-electron chi connectivity index (χ1n) is 10.7. The number of amides is 1. The standard InChI is InChI=1S/C21H29N5O3.ClH/c1-3-9-25(14-7-8-22-12-14)20(28)15-11-16(13-5-6-13)23-18-17(15)19(27)24-21(29)26(18)10-4-2;/h11,13-14,22H,3-10,12H2,1-2H3,(H,24,27,29);1H. The van der Waals surface area contributed by atoms with Crippen LogP contribution < -0.4 is 16.6 Å². The van der Waals surface area contributed by atoms with Gasteiger partial charge in [-0.1, -0.05) is 13.8 Å². The molecule has 4 rings (SSSR count). The van der Waals surface area contributed by atoms with Gasteiger partial charge < -0.3 is 10.2 Å². The topological polar surface area (TPSA) is 100 Å². The second kappa shape index (κ2) is 9.31. The number of H-pyrrole nitrogens is 1. The third kappa shape index (κ3) is 4.16. The van der Waals surface area contributed by atoms with Crippen LogP contribution in [0.5, 0.6) is 0 Å². The fourth-order valence-electron chi connectivity index (χ4n) is 4.23. The van der Waals surface area contributed by atoms with Gasteiger partial charge in [-0.25, -0.2) is 9.78 Å². The van der Waals surface area contributed by atoms with E-state index in [4.69, 9.17) is 0 Å². The van der Waals surface area contributed by atoms with Crippen molar-refractivity contribution < 1.29 is 4.79 Å². The van der Waals surface area contributed by atoms with Crippen LogP contribution in [0.2, 0.25) is 0 Å². The molecule has 8 nitrogen and oxygen atoms in total. The summed E-state index contributed by atoms with van der Waals surface area (Å²) in [5.41, 5.74) is 0.541. The van der Waals surface area contributed by atoms with Crippen molar-refractivity contribution in [3.8, 4) is 0 Å². The fourth-order valence-corrected chi connectivity index (χ4v) is 4.23. The van der Waals surface area contributed by atoms with Crippen molar-refractivity contribution in [3.05, 3.63) is 38.2 Å².